The second-order valence-electron chi connectivity index (χ2n) is 5.55. The third kappa shape index (κ3) is 2.69. The van der Waals surface area contributed by atoms with E-state index in [9.17, 15) is 10.0 Å². The van der Waals surface area contributed by atoms with Crippen LogP contribution in [0.5, 0.6) is 5.75 Å². The maximum absolute atomic E-state index is 11.2. The first-order valence-corrected chi connectivity index (χ1v) is 7.25. The Labute approximate surface area is 123 Å². The molecule has 21 heavy (non-hydrogen) atoms. The second-order valence-corrected chi connectivity index (χ2v) is 5.55. The molecule has 5 heteroatoms. The van der Waals surface area contributed by atoms with Crippen molar-refractivity contribution in [3.8, 4) is 5.75 Å². The third-order valence-corrected chi connectivity index (χ3v) is 4.21. The van der Waals surface area contributed by atoms with E-state index >= 15 is 0 Å². The van der Waals surface area contributed by atoms with Gasteiger partial charge in [0.25, 0.3) is 0 Å². The van der Waals surface area contributed by atoms with E-state index in [2.05, 4.69) is 5.16 Å². The van der Waals surface area contributed by atoms with Crippen LogP contribution in [0.15, 0.2) is 35.1 Å². The fourth-order valence-electron chi connectivity index (χ4n) is 3.22. The molecule has 5 nitrogen and oxygen atoms in total. The first-order valence-electron chi connectivity index (χ1n) is 7.25. The number of allylic oxidation sites excluding steroid dienone is 1. The van der Waals surface area contributed by atoms with Gasteiger partial charge in [-0.15, -0.1) is 0 Å². The average molecular weight is 287 g/mol. The van der Waals surface area contributed by atoms with Crippen LogP contribution in [0.25, 0.3) is 6.08 Å². The van der Waals surface area contributed by atoms with Crippen LogP contribution in [-0.4, -0.2) is 30.0 Å². The third-order valence-electron chi connectivity index (χ3n) is 4.21. The summed E-state index contributed by atoms with van der Waals surface area (Å²) in [5.74, 6) is 0.547. The zero-order chi connectivity index (χ0) is 14.8. The number of para-hydroxylation sites is 1. The lowest BCUT2D eigenvalue weighted by Gasteiger charge is -2.37. The van der Waals surface area contributed by atoms with E-state index in [-0.39, 0.29) is 5.97 Å². The predicted molar refractivity (Wildman–Crippen MR) is 78.4 cm³/mol. The maximum Gasteiger partial charge on any atom is 0.308 e. The molecule has 0 saturated carbocycles. The lowest BCUT2D eigenvalue weighted by molar-refractivity contribution is -0.865. The van der Waals surface area contributed by atoms with Crippen molar-refractivity contribution in [3.05, 3.63) is 35.5 Å². The van der Waals surface area contributed by atoms with Crippen molar-refractivity contribution in [2.24, 2.45) is 11.1 Å². The Morgan fingerprint density at radius 3 is 2.76 bits per heavy atom. The van der Waals surface area contributed by atoms with Crippen LogP contribution in [0.1, 0.15) is 25.3 Å². The standard InChI is InChI=1S/C16H18N2O3/c1-11(19)21-15-5-3-2-4-13(15)10-14-16(17-20)12-6-8-18(14)9-7-12/h2-5,10,12,20H,6-9H2,1H3/p+1/b14-10-,17-16-. The molecule has 3 aliphatic rings. The molecule has 3 aliphatic heterocycles. The smallest absolute Gasteiger partial charge is 0.308 e. The van der Waals surface area contributed by atoms with E-state index in [1.807, 2.05) is 24.3 Å². The summed E-state index contributed by atoms with van der Waals surface area (Å²) in [6.45, 7) is 3.51. The van der Waals surface area contributed by atoms with E-state index in [4.69, 9.17) is 4.74 Å². The van der Waals surface area contributed by atoms with Gasteiger partial charge in [0, 0.05) is 37.3 Å². The molecule has 2 N–H and O–H groups in total. The highest BCUT2D eigenvalue weighted by molar-refractivity contribution is 6.03. The van der Waals surface area contributed by atoms with Gasteiger partial charge in [-0.1, -0.05) is 23.4 Å². The van der Waals surface area contributed by atoms with Crippen molar-refractivity contribution in [1.29, 1.82) is 0 Å². The number of nitrogens with one attached hydrogen (secondary N) is 1. The van der Waals surface area contributed by atoms with Gasteiger partial charge in [0.2, 0.25) is 0 Å². The largest absolute Gasteiger partial charge is 0.426 e. The summed E-state index contributed by atoms with van der Waals surface area (Å²) < 4.78 is 5.24. The summed E-state index contributed by atoms with van der Waals surface area (Å²) in [4.78, 5) is 12.5. The molecule has 0 radical (unpaired) electrons. The Kier molecular flexibility index (Phi) is 3.75. The zero-order valence-electron chi connectivity index (χ0n) is 12.0. The highest BCUT2D eigenvalue weighted by atomic mass is 16.5. The van der Waals surface area contributed by atoms with Gasteiger partial charge in [-0.3, -0.25) is 4.79 Å². The number of benzene rings is 1. The van der Waals surface area contributed by atoms with E-state index in [0.29, 0.717) is 11.7 Å². The van der Waals surface area contributed by atoms with Gasteiger partial charge < -0.3 is 14.8 Å². The number of oxime groups is 1. The lowest BCUT2D eigenvalue weighted by atomic mass is 9.83. The quantitative estimate of drug-likeness (QED) is 0.370. The predicted octanol–water partition coefficient (Wildman–Crippen LogP) is 1.09. The summed E-state index contributed by atoms with van der Waals surface area (Å²) in [5.41, 5.74) is 2.63. The topological polar surface area (TPSA) is 63.3 Å². The molecule has 3 saturated heterocycles. The maximum atomic E-state index is 11.2. The van der Waals surface area contributed by atoms with Gasteiger partial charge in [-0.05, 0) is 6.07 Å². The van der Waals surface area contributed by atoms with Crippen molar-refractivity contribution >= 4 is 17.8 Å². The molecule has 0 aromatic heterocycles. The average Bonchev–Trinajstić information content (AvgIpc) is 2.50. The molecular weight excluding hydrogens is 268 g/mol. The molecule has 0 spiro atoms. The first kappa shape index (κ1) is 13.8. The lowest BCUT2D eigenvalue weighted by Crippen LogP contribution is -3.14. The highest BCUT2D eigenvalue weighted by Gasteiger charge is 2.40. The Bertz CT molecular complexity index is 614. The monoisotopic (exact) mass is 287 g/mol. The summed E-state index contributed by atoms with van der Waals surface area (Å²) in [6, 6.07) is 7.42. The Balaban J connectivity index is 1.99. The number of carbonyl (C=O) groups excluding carboxylic acids is 1. The van der Waals surface area contributed by atoms with Crippen molar-refractivity contribution in [2.75, 3.05) is 13.1 Å². The molecule has 0 amide bonds. The van der Waals surface area contributed by atoms with Gasteiger partial charge >= 0.3 is 5.97 Å². The minimum Gasteiger partial charge on any atom is -0.426 e. The van der Waals surface area contributed by atoms with Crippen LogP contribution < -0.4 is 9.64 Å². The summed E-state index contributed by atoms with van der Waals surface area (Å²) >= 11 is 0. The number of rotatable bonds is 2. The van der Waals surface area contributed by atoms with Gasteiger partial charge in [-0.2, -0.15) is 0 Å². The normalized spacial score (nSPS) is 28.0. The number of esters is 1. The highest BCUT2D eigenvalue weighted by Crippen LogP contribution is 2.25. The van der Waals surface area contributed by atoms with E-state index in [0.717, 1.165) is 42.9 Å². The van der Waals surface area contributed by atoms with Crippen LogP contribution in [0.4, 0.5) is 0 Å². The Morgan fingerprint density at radius 1 is 1.38 bits per heavy atom. The number of fused-ring (bicyclic) bond motifs is 3. The number of nitrogens with zero attached hydrogens (tertiary/aromatic N) is 1. The zero-order valence-corrected chi connectivity index (χ0v) is 12.0. The minimum atomic E-state index is -0.338. The van der Waals surface area contributed by atoms with Crippen molar-refractivity contribution < 1.29 is 19.6 Å². The van der Waals surface area contributed by atoms with Gasteiger partial charge in [0.15, 0.2) is 5.70 Å². The fourth-order valence-corrected chi connectivity index (χ4v) is 3.22. The molecule has 0 atom stereocenters. The number of quaternary nitrogens is 1. The molecule has 2 bridgehead atoms. The van der Waals surface area contributed by atoms with Crippen LogP contribution in [0.2, 0.25) is 0 Å². The first-order chi connectivity index (χ1) is 10.2. The van der Waals surface area contributed by atoms with Crippen LogP contribution in [0.3, 0.4) is 0 Å². The molecule has 4 rings (SSSR count). The number of hydrogen-bond donors (Lipinski definition) is 2. The van der Waals surface area contributed by atoms with Crippen molar-refractivity contribution in [1.82, 2.24) is 0 Å². The number of ether oxygens (including phenoxy) is 1. The van der Waals surface area contributed by atoms with E-state index < -0.39 is 0 Å². The summed E-state index contributed by atoms with van der Waals surface area (Å²) in [7, 11) is 0. The van der Waals surface area contributed by atoms with Gasteiger partial charge in [0.05, 0.1) is 13.1 Å². The fraction of sp³-hybridized carbons (Fsp3) is 0.375. The van der Waals surface area contributed by atoms with Gasteiger partial charge in [-0.25, -0.2) is 0 Å². The molecule has 0 aliphatic carbocycles. The van der Waals surface area contributed by atoms with Crippen molar-refractivity contribution in [2.45, 2.75) is 19.8 Å². The number of hydrogen-bond acceptors (Lipinski definition) is 4. The van der Waals surface area contributed by atoms with Crippen LogP contribution in [-0.2, 0) is 4.79 Å². The molecular formula is C16H19N2O3+. The van der Waals surface area contributed by atoms with Crippen LogP contribution >= 0.6 is 0 Å². The molecule has 110 valence electrons. The van der Waals surface area contributed by atoms with Crippen molar-refractivity contribution in [3.63, 3.8) is 0 Å². The Morgan fingerprint density at radius 2 is 2.10 bits per heavy atom. The molecule has 0 unspecified atom stereocenters. The van der Waals surface area contributed by atoms with E-state index in [1.54, 1.807) is 6.07 Å². The van der Waals surface area contributed by atoms with Crippen LogP contribution in [0, 0.1) is 5.92 Å². The molecule has 3 fully saturated rings. The molecule has 3 heterocycles. The molecule has 1 aromatic carbocycles. The summed E-state index contributed by atoms with van der Waals surface area (Å²) in [6.07, 6.45) is 4.11. The van der Waals surface area contributed by atoms with Gasteiger partial charge in [0.1, 0.15) is 11.5 Å². The number of piperidine rings is 3. The second kappa shape index (κ2) is 5.69. The SMILES string of the molecule is CC(=O)Oc1ccccc1/C=C1/C(=N\O)C2CC[NH+]1CC2. The minimum absolute atomic E-state index is 0.338. The summed E-state index contributed by atoms with van der Waals surface area (Å²) in [5, 5.41) is 12.8. The number of carbonyl (C=O) groups is 1. The Hall–Kier alpha value is -2.14. The molecule has 1 aromatic rings. The van der Waals surface area contributed by atoms with E-state index in [1.165, 1.54) is 11.8 Å².